The molecule has 2 fully saturated rings. The van der Waals surface area contributed by atoms with Gasteiger partial charge in [-0.25, -0.2) is 4.79 Å². The number of fused-ring (bicyclic) bond motifs is 1. The molecule has 2 saturated heterocycles. The fourth-order valence-corrected chi connectivity index (χ4v) is 3.35. The summed E-state index contributed by atoms with van der Waals surface area (Å²) in [5.74, 6) is -0.219. The van der Waals surface area contributed by atoms with Crippen LogP contribution in [0.5, 0.6) is 0 Å². The van der Waals surface area contributed by atoms with Crippen LogP contribution in [0.3, 0.4) is 0 Å². The summed E-state index contributed by atoms with van der Waals surface area (Å²) in [7, 11) is 0. The highest BCUT2D eigenvalue weighted by molar-refractivity contribution is 6.09. The number of nitrogens with zero attached hydrogens (tertiary/aromatic N) is 2. The molecule has 7 nitrogen and oxygen atoms in total. The van der Waals surface area contributed by atoms with Gasteiger partial charge >= 0.3 is 6.03 Å². The van der Waals surface area contributed by atoms with Crippen molar-refractivity contribution in [2.45, 2.75) is 19.1 Å². The summed E-state index contributed by atoms with van der Waals surface area (Å²) in [6, 6.07) is 7.57. The Morgan fingerprint density at radius 2 is 2.17 bits per heavy atom. The van der Waals surface area contributed by atoms with E-state index in [0.717, 1.165) is 42.8 Å². The van der Waals surface area contributed by atoms with Crippen molar-refractivity contribution in [1.29, 1.82) is 0 Å². The minimum absolute atomic E-state index is 0.147. The fourth-order valence-electron chi connectivity index (χ4n) is 3.35. The first-order valence-electron chi connectivity index (χ1n) is 8.24. The normalized spacial score (nSPS) is 22.0. The summed E-state index contributed by atoms with van der Waals surface area (Å²) in [5.41, 5.74) is 1.89. The largest absolute Gasteiger partial charge is 0.374 e. The van der Waals surface area contributed by atoms with Crippen LogP contribution in [0.4, 0.5) is 10.5 Å². The maximum atomic E-state index is 12.1. The molecule has 1 aromatic carbocycles. The van der Waals surface area contributed by atoms with E-state index in [-0.39, 0.29) is 18.0 Å². The zero-order chi connectivity index (χ0) is 16.5. The van der Waals surface area contributed by atoms with Crippen LogP contribution in [0.2, 0.25) is 0 Å². The average molecular weight is 328 g/mol. The lowest BCUT2D eigenvalue weighted by Crippen LogP contribution is -2.49. The highest BCUT2D eigenvalue weighted by Crippen LogP contribution is 2.29. The van der Waals surface area contributed by atoms with E-state index in [2.05, 4.69) is 15.2 Å². The number of hydrogen-bond acceptors (Lipinski definition) is 4. The van der Waals surface area contributed by atoms with E-state index in [1.54, 1.807) is 4.90 Å². The minimum atomic E-state index is -0.355. The van der Waals surface area contributed by atoms with Crippen LogP contribution < -0.4 is 15.5 Å². The maximum Gasteiger partial charge on any atom is 0.328 e. The zero-order valence-corrected chi connectivity index (χ0v) is 13.3. The second-order valence-electron chi connectivity index (χ2n) is 6.13. The quantitative estimate of drug-likeness (QED) is 0.884. The maximum absolute atomic E-state index is 12.1. The lowest BCUT2D eigenvalue weighted by Gasteiger charge is -2.27. The number of anilines is 1. The molecule has 126 valence electrons. The van der Waals surface area contributed by atoms with E-state index in [4.69, 9.17) is 4.74 Å². The molecule has 7 heteroatoms. The van der Waals surface area contributed by atoms with Gasteiger partial charge < -0.3 is 14.6 Å². The molecule has 0 spiro atoms. The standard InChI is InChI=1S/C17H20N4O3/c22-16-5-8-21(17(23)19-16)15-3-1-2-14-13(15)4-7-20(14)11-12-10-18-6-9-24-12/h1-4,7,12,18H,5-6,8-11H2,(H,19,22,23). The Balaban J connectivity index is 1.63. The van der Waals surface area contributed by atoms with Crippen molar-refractivity contribution in [1.82, 2.24) is 15.2 Å². The van der Waals surface area contributed by atoms with Gasteiger partial charge in [0.25, 0.3) is 0 Å². The molecule has 2 aliphatic heterocycles. The van der Waals surface area contributed by atoms with E-state index in [1.807, 2.05) is 30.5 Å². The molecule has 4 rings (SSSR count). The second-order valence-corrected chi connectivity index (χ2v) is 6.13. The third-order valence-electron chi connectivity index (χ3n) is 4.54. The predicted octanol–water partition coefficient (Wildman–Crippen LogP) is 1.08. The number of aromatic nitrogens is 1. The van der Waals surface area contributed by atoms with Gasteiger partial charge in [0.15, 0.2) is 0 Å². The molecule has 0 aliphatic carbocycles. The number of imide groups is 1. The monoisotopic (exact) mass is 328 g/mol. The summed E-state index contributed by atoms with van der Waals surface area (Å²) in [6.07, 6.45) is 2.50. The molecule has 2 N–H and O–H groups in total. The molecule has 1 atom stereocenters. The topological polar surface area (TPSA) is 75.6 Å². The van der Waals surface area contributed by atoms with Crippen LogP contribution in [0.1, 0.15) is 6.42 Å². The van der Waals surface area contributed by atoms with Gasteiger partial charge in [-0.2, -0.15) is 0 Å². The third-order valence-corrected chi connectivity index (χ3v) is 4.54. The molecule has 24 heavy (non-hydrogen) atoms. The van der Waals surface area contributed by atoms with Crippen molar-refractivity contribution in [2.75, 3.05) is 31.1 Å². The first-order chi connectivity index (χ1) is 11.7. The molecule has 2 aliphatic rings. The molecule has 0 bridgehead atoms. The van der Waals surface area contributed by atoms with Crippen molar-refractivity contribution in [3.05, 3.63) is 30.5 Å². The van der Waals surface area contributed by atoms with Crippen LogP contribution in [0.15, 0.2) is 30.5 Å². The van der Waals surface area contributed by atoms with E-state index >= 15 is 0 Å². The van der Waals surface area contributed by atoms with Crippen molar-refractivity contribution in [3.63, 3.8) is 0 Å². The minimum Gasteiger partial charge on any atom is -0.374 e. The summed E-state index contributed by atoms with van der Waals surface area (Å²) in [6.45, 7) is 3.65. The predicted molar refractivity (Wildman–Crippen MR) is 90.0 cm³/mol. The van der Waals surface area contributed by atoms with E-state index in [9.17, 15) is 9.59 Å². The number of hydrogen-bond donors (Lipinski definition) is 2. The molecular weight excluding hydrogens is 308 g/mol. The van der Waals surface area contributed by atoms with Gasteiger partial charge in [-0.05, 0) is 18.2 Å². The Morgan fingerprint density at radius 1 is 1.25 bits per heavy atom. The molecule has 1 aromatic heterocycles. The number of carbonyl (C=O) groups excluding carboxylic acids is 2. The van der Waals surface area contributed by atoms with Crippen LogP contribution in [0, 0.1) is 0 Å². The van der Waals surface area contributed by atoms with Crippen molar-refractivity contribution in [3.8, 4) is 0 Å². The number of amides is 3. The van der Waals surface area contributed by atoms with E-state index in [1.165, 1.54) is 0 Å². The molecule has 2 aromatic rings. The van der Waals surface area contributed by atoms with E-state index < -0.39 is 0 Å². The lowest BCUT2D eigenvalue weighted by molar-refractivity contribution is -0.120. The summed E-state index contributed by atoms with van der Waals surface area (Å²) >= 11 is 0. The smallest absolute Gasteiger partial charge is 0.328 e. The van der Waals surface area contributed by atoms with Gasteiger partial charge in [0.05, 0.1) is 30.5 Å². The number of urea groups is 1. The Hall–Kier alpha value is -2.38. The Kier molecular flexibility index (Phi) is 3.95. The van der Waals surface area contributed by atoms with Gasteiger partial charge in [0.2, 0.25) is 5.91 Å². The van der Waals surface area contributed by atoms with Gasteiger partial charge in [-0.1, -0.05) is 6.07 Å². The Bertz CT molecular complexity index is 779. The molecular formula is C17H20N4O3. The Morgan fingerprint density at radius 3 is 2.96 bits per heavy atom. The average Bonchev–Trinajstić information content (AvgIpc) is 2.99. The van der Waals surface area contributed by atoms with Crippen LogP contribution >= 0.6 is 0 Å². The molecule has 1 unspecified atom stereocenters. The van der Waals surface area contributed by atoms with Gasteiger partial charge in [0.1, 0.15) is 0 Å². The molecule has 3 heterocycles. The molecule has 3 amide bonds. The van der Waals surface area contributed by atoms with Crippen molar-refractivity contribution < 1.29 is 14.3 Å². The number of morpholine rings is 1. The summed E-state index contributed by atoms with van der Waals surface area (Å²) < 4.78 is 7.94. The highest BCUT2D eigenvalue weighted by atomic mass is 16.5. The highest BCUT2D eigenvalue weighted by Gasteiger charge is 2.26. The molecule has 0 saturated carbocycles. The first-order valence-corrected chi connectivity index (χ1v) is 8.24. The number of ether oxygens (including phenoxy) is 1. The fraction of sp³-hybridized carbons (Fsp3) is 0.412. The SMILES string of the molecule is O=C1CCN(c2cccc3c2ccn3CC2CNCCO2)C(=O)N1. The van der Waals surface area contributed by atoms with Gasteiger partial charge in [-0.15, -0.1) is 0 Å². The number of nitrogens with one attached hydrogen (secondary N) is 2. The third kappa shape index (κ3) is 2.76. The Labute approximate surface area is 139 Å². The number of benzene rings is 1. The van der Waals surface area contributed by atoms with Crippen LogP contribution in [-0.4, -0.2) is 48.9 Å². The van der Waals surface area contributed by atoms with Gasteiger partial charge in [0, 0.05) is 37.6 Å². The van der Waals surface area contributed by atoms with Crippen LogP contribution in [-0.2, 0) is 16.1 Å². The second kappa shape index (κ2) is 6.26. The number of rotatable bonds is 3. The van der Waals surface area contributed by atoms with Crippen molar-refractivity contribution in [2.24, 2.45) is 0 Å². The summed E-state index contributed by atoms with van der Waals surface area (Å²) in [4.78, 5) is 25.1. The number of carbonyl (C=O) groups is 2. The zero-order valence-electron chi connectivity index (χ0n) is 13.3. The van der Waals surface area contributed by atoms with Crippen molar-refractivity contribution >= 4 is 28.5 Å². The summed E-state index contributed by atoms with van der Waals surface area (Å²) in [5, 5.41) is 6.72. The van der Waals surface area contributed by atoms with Gasteiger partial charge in [-0.3, -0.25) is 15.0 Å². The van der Waals surface area contributed by atoms with Crippen LogP contribution in [0.25, 0.3) is 10.9 Å². The molecule has 0 radical (unpaired) electrons. The lowest BCUT2D eigenvalue weighted by atomic mass is 10.1. The first kappa shape index (κ1) is 15.2. The van der Waals surface area contributed by atoms with E-state index in [0.29, 0.717) is 13.0 Å².